The predicted molar refractivity (Wildman–Crippen MR) is 126 cm³/mol. The number of nitrogens with zero attached hydrogens (tertiary/aromatic N) is 2. The second-order valence-corrected chi connectivity index (χ2v) is 10.2. The Bertz CT molecular complexity index is 1150. The summed E-state index contributed by atoms with van der Waals surface area (Å²) in [5.74, 6) is 0. The van der Waals surface area contributed by atoms with Gasteiger partial charge in [-0.15, -0.1) is 0 Å². The summed E-state index contributed by atoms with van der Waals surface area (Å²) in [6.07, 6.45) is 1.60. The number of hydrogen-bond acceptors (Lipinski definition) is 5. The van der Waals surface area contributed by atoms with Crippen molar-refractivity contribution in [2.45, 2.75) is 48.2 Å². The molecule has 0 spiro atoms. The highest BCUT2D eigenvalue weighted by Crippen LogP contribution is 2.48. The van der Waals surface area contributed by atoms with Gasteiger partial charge in [0.1, 0.15) is 5.25 Å². The number of aromatic nitrogens is 1. The number of para-hydroxylation sites is 2. The van der Waals surface area contributed by atoms with Crippen LogP contribution in [0.5, 0.6) is 0 Å². The van der Waals surface area contributed by atoms with Crippen LogP contribution in [0.2, 0.25) is 0 Å². The molecule has 1 unspecified atom stereocenters. The number of hydrogen-bond donors (Lipinski definition) is 1. The van der Waals surface area contributed by atoms with Crippen LogP contribution in [0.15, 0.2) is 70.5 Å². The van der Waals surface area contributed by atoms with Gasteiger partial charge in [0.25, 0.3) is 10.1 Å². The van der Waals surface area contributed by atoms with E-state index in [0.717, 1.165) is 32.4 Å². The number of aryl methyl sites for hydroxylation is 2. The van der Waals surface area contributed by atoms with Crippen molar-refractivity contribution in [1.29, 1.82) is 0 Å². The average molecular weight is 455 g/mol. The first-order chi connectivity index (χ1) is 14.9. The van der Waals surface area contributed by atoms with E-state index >= 15 is 0 Å². The zero-order valence-corrected chi connectivity index (χ0v) is 19.3. The van der Waals surface area contributed by atoms with E-state index in [4.69, 9.17) is 0 Å². The Kier molecular flexibility index (Phi) is 6.36. The van der Waals surface area contributed by atoms with Gasteiger partial charge in [0, 0.05) is 22.0 Å². The van der Waals surface area contributed by atoms with Crippen LogP contribution in [0, 0.1) is 0 Å². The molecule has 0 fully saturated rings. The molecular weight excluding hydrogens is 428 g/mol. The number of benzene rings is 2. The van der Waals surface area contributed by atoms with Gasteiger partial charge in [0.2, 0.25) is 0 Å². The largest absolute Gasteiger partial charge is 0.340 e. The smallest absolute Gasteiger partial charge is 0.273 e. The van der Waals surface area contributed by atoms with E-state index in [1.807, 2.05) is 62.4 Å². The summed E-state index contributed by atoms with van der Waals surface area (Å²) in [5, 5.41) is -1.07. The third-order valence-electron chi connectivity index (χ3n) is 5.62. The molecular formula is C24H26N2O3S2. The summed E-state index contributed by atoms with van der Waals surface area (Å²) in [7, 11) is -4.33. The Morgan fingerprint density at radius 3 is 2.10 bits per heavy atom. The van der Waals surface area contributed by atoms with Crippen LogP contribution < -0.4 is 4.90 Å². The Labute approximate surface area is 188 Å². The molecule has 0 saturated carbocycles. The summed E-state index contributed by atoms with van der Waals surface area (Å²) in [5.41, 5.74) is 4.25. The van der Waals surface area contributed by atoms with Crippen LogP contribution in [0.25, 0.3) is 0 Å². The fourth-order valence-electron chi connectivity index (χ4n) is 4.02. The van der Waals surface area contributed by atoms with E-state index in [-0.39, 0.29) is 6.42 Å². The maximum Gasteiger partial charge on any atom is 0.273 e. The lowest BCUT2D eigenvalue weighted by molar-refractivity contribution is 0.462. The molecule has 0 saturated heterocycles. The van der Waals surface area contributed by atoms with Crippen LogP contribution in [-0.2, 0) is 23.0 Å². The second-order valence-electron chi connectivity index (χ2n) is 7.54. The number of anilines is 2. The summed E-state index contributed by atoms with van der Waals surface area (Å²) < 4.78 is 35.1. The predicted octanol–water partition coefficient (Wildman–Crippen LogP) is 5.83. The van der Waals surface area contributed by atoms with Crippen LogP contribution in [0.1, 0.15) is 42.5 Å². The van der Waals surface area contributed by atoms with Gasteiger partial charge in [-0.05, 0) is 55.2 Å². The first-order valence-electron chi connectivity index (χ1n) is 10.5. The van der Waals surface area contributed by atoms with E-state index in [9.17, 15) is 13.0 Å². The molecule has 31 heavy (non-hydrogen) atoms. The molecule has 0 amide bonds. The third-order valence-corrected chi connectivity index (χ3v) is 7.93. The number of pyridine rings is 1. The molecule has 3 aromatic rings. The molecule has 5 nitrogen and oxygen atoms in total. The van der Waals surface area contributed by atoms with Crippen molar-refractivity contribution in [2.24, 2.45) is 0 Å². The van der Waals surface area contributed by atoms with Crippen molar-refractivity contribution in [3.05, 3.63) is 77.6 Å². The lowest BCUT2D eigenvalue weighted by atomic mass is 10.0. The third kappa shape index (κ3) is 4.49. The quantitative estimate of drug-likeness (QED) is 0.453. The van der Waals surface area contributed by atoms with Gasteiger partial charge in [-0.25, -0.2) is 0 Å². The highest BCUT2D eigenvalue weighted by Gasteiger charge is 2.31. The summed E-state index contributed by atoms with van der Waals surface area (Å²) in [6.45, 7) is 4.40. The van der Waals surface area contributed by atoms with Crippen LogP contribution in [0.3, 0.4) is 0 Å². The molecule has 4 rings (SSSR count). The Morgan fingerprint density at radius 2 is 1.55 bits per heavy atom. The van der Waals surface area contributed by atoms with Crippen LogP contribution >= 0.6 is 11.8 Å². The van der Waals surface area contributed by atoms with Crippen molar-refractivity contribution in [2.75, 3.05) is 11.4 Å². The highest BCUT2D eigenvalue weighted by atomic mass is 32.2. The fraction of sp³-hybridized carbons (Fsp3) is 0.292. The molecule has 162 valence electrons. The molecule has 0 aliphatic carbocycles. The molecule has 1 atom stereocenters. The monoisotopic (exact) mass is 454 g/mol. The van der Waals surface area contributed by atoms with E-state index in [0.29, 0.717) is 25.1 Å². The lowest BCUT2D eigenvalue weighted by Crippen LogP contribution is -2.26. The first-order valence-corrected chi connectivity index (χ1v) is 12.8. The molecule has 0 bridgehead atoms. The number of rotatable bonds is 7. The van der Waals surface area contributed by atoms with Crippen molar-refractivity contribution < 1.29 is 13.0 Å². The minimum atomic E-state index is -4.33. The van der Waals surface area contributed by atoms with Crippen LogP contribution in [0.4, 0.5) is 11.4 Å². The summed E-state index contributed by atoms with van der Waals surface area (Å²) in [4.78, 5) is 9.03. The Morgan fingerprint density at radius 1 is 0.935 bits per heavy atom. The SMILES string of the molecule is CCc1ccc(CC)c(C(CCN2c3ccccc3Sc3ccccc32)S(=O)(=O)O)n1. The van der Waals surface area contributed by atoms with Crippen molar-refractivity contribution in [3.63, 3.8) is 0 Å². The van der Waals surface area contributed by atoms with Gasteiger partial charge in [-0.3, -0.25) is 9.54 Å². The Balaban J connectivity index is 1.72. The van der Waals surface area contributed by atoms with Gasteiger partial charge >= 0.3 is 0 Å². The summed E-state index contributed by atoms with van der Waals surface area (Å²) >= 11 is 1.71. The molecule has 1 aromatic heterocycles. The molecule has 1 aliphatic heterocycles. The zero-order chi connectivity index (χ0) is 22.0. The molecule has 1 N–H and O–H groups in total. The highest BCUT2D eigenvalue weighted by molar-refractivity contribution is 7.99. The standard InChI is InChI=1S/C24H26N2O3S2/c1-3-17-13-14-18(4-2)25-24(17)23(31(27,28)29)15-16-26-19-9-5-7-11-21(19)30-22-12-8-6-10-20(22)26/h5-14,23H,3-4,15-16H2,1-2H3,(H,27,28,29). The first kappa shape index (κ1) is 21.9. The lowest BCUT2D eigenvalue weighted by Gasteiger charge is -2.33. The fourth-order valence-corrected chi connectivity index (χ4v) is 6.00. The minimum absolute atomic E-state index is 0.235. The number of fused-ring (bicyclic) bond motifs is 2. The molecule has 2 aromatic carbocycles. The normalized spacial score (nSPS) is 14.1. The van der Waals surface area contributed by atoms with Gasteiger partial charge in [-0.2, -0.15) is 8.42 Å². The van der Waals surface area contributed by atoms with Crippen molar-refractivity contribution >= 4 is 33.3 Å². The van der Waals surface area contributed by atoms with Crippen molar-refractivity contribution in [3.8, 4) is 0 Å². The van der Waals surface area contributed by atoms with E-state index in [1.165, 1.54) is 0 Å². The maximum absolute atomic E-state index is 12.5. The molecule has 2 heterocycles. The molecule has 1 aliphatic rings. The van der Waals surface area contributed by atoms with E-state index in [1.54, 1.807) is 11.8 Å². The molecule has 0 radical (unpaired) electrons. The maximum atomic E-state index is 12.5. The summed E-state index contributed by atoms with van der Waals surface area (Å²) in [6, 6.07) is 20.1. The second kappa shape index (κ2) is 9.02. The molecule has 7 heteroatoms. The van der Waals surface area contributed by atoms with E-state index in [2.05, 4.69) is 22.0 Å². The van der Waals surface area contributed by atoms with Gasteiger partial charge < -0.3 is 4.90 Å². The average Bonchev–Trinajstić information content (AvgIpc) is 2.77. The van der Waals surface area contributed by atoms with E-state index < -0.39 is 15.4 Å². The topological polar surface area (TPSA) is 70.5 Å². The Hall–Kier alpha value is -2.35. The van der Waals surface area contributed by atoms with Gasteiger partial charge in [0.05, 0.1) is 17.1 Å². The van der Waals surface area contributed by atoms with Gasteiger partial charge in [0.15, 0.2) is 0 Å². The van der Waals surface area contributed by atoms with Gasteiger partial charge in [-0.1, -0.05) is 55.9 Å². The van der Waals surface area contributed by atoms with Crippen LogP contribution in [-0.4, -0.2) is 24.5 Å². The van der Waals surface area contributed by atoms with Crippen molar-refractivity contribution in [1.82, 2.24) is 4.98 Å². The minimum Gasteiger partial charge on any atom is -0.340 e. The zero-order valence-electron chi connectivity index (χ0n) is 17.7.